The molecule has 1 fully saturated rings. The Labute approximate surface area is 215 Å². The van der Waals surface area contributed by atoms with Gasteiger partial charge in [-0.1, -0.05) is 42.5 Å². The predicted octanol–water partition coefficient (Wildman–Crippen LogP) is 3.56. The molecule has 190 valence electrons. The van der Waals surface area contributed by atoms with Gasteiger partial charge in [0.05, 0.1) is 16.0 Å². The SMILES string of the molecule is O=C(CN1C(=O)c2ccccc2C1=O)Nc1ccc(S(=O)(=O)N2CCC(Cc3ccccc3)CC2)cc1. The van der Waals surface area contributed by atoms with Gasteiger partial charge in [-0.3, -0.25) is 19.3 Å². The number of nitrogens with zero attached hydrogens (tertiary/aromatic N) is 2. The van der Waals surface area contributed by atoms with Crippen LogP contribution in [0.5, 0.6) is 0 Å². The van der Waals surface area contributed by atoms with Crippen LogP contribution in [-0.4, -0.2) is 55.0 Å². The Balaban J connectivity index is 1.16. The van der Waals surface area contributed by atoms with Gasteiger partial charge in [0.1, 0.15) is 6.54 Å². The molecule has 8 nitrogen and oxygen atoms in total. The fourth-order valence-electron chi connectivity index (χ4n) is 4.89. The van der Waals surface area contributed by atoms with Gasteiger partial charge in [0.15, 0.2) is 0 Å². The highest BCUT2D eigenvalue weighted by atomic mass is 32.2. The van der Waals surface area contributed by atoms with E-state index in [0.717, 1.165) is 24.2 Å². The molecule has 2 aliphatic rings. The lowest BCUT2D eigenvalue weighted by molar-refractivity contribution is -0.116. The monoisotopic (exact) mass is 517 g/mol. The first kappa shape index (κ1) is 24.9. The van der Waals surface area contributed by atoms with Gasteiger partial charge in [-0.15, -0.1) is 0 Å². The maximum atomic E-state index is 13.2. The lowest BCUT2D eigenvalue weighted by atomic mass is 9.91. The minimum Gasteiger partial charge on any atom is -0.325 e. The van der Waals surface area contributed by atoms with Crippen LogP contribution in [0.15, 0.2) is 83.8 Å². The molecule has 0 aliphatic carbocycles. The molecule has 3 aromatic carbocycles. The number of rotatable bonds is 7. The number of fused-ring (bicyclic) bond motifs is 1. The number of hydrogen-bond donors (Lipinski definition) is 1. The molecule has 0 atom stereocenters. The van der Waals surface area contributed by atoms with Gasteiger partial charge in [-0.05, 0) is 67.1 Å². The second-order valence-electron chi connectivity index (χ2n) is 9.35. The van der Waals surface area contributed by atoms with E-state index in [1.807, 2.05) is 18.2 Å². The van der Waals surface area contributed by atoms with Gasteiger partial charge in [0, 0.05) is 18.8 Å². The highest BCUT2D eigenvalue weighted by molar-refractivity contribution is 7.89. The van der Waals surface area contributed by atoms with Crippen molar-refractivity contribution < 1.29 is 22.8 Å². The third kappa shape index (κ3) is 5.19. The lowest BCUT2D eigenvalue weighted by Crippen LogP contribution is -2.38. The minimum absolute atomic E-state index is 0.160. The molecular weight excluding hydrogens is 490 g/mol. The third-order valence-electron chi connectivity index (χ3n) is 6.90. The summed E-state index contributed by atoms with van der Waals surface area (Å²) < 4.78 is 27.8. The van der Waals surface area contributed by atoms with Crippen molar-refractivity contribution in [1.29, 1.82) is 0 Å². The molecular formula is C28H27N3O5S. The summed E-state index contributed by atoms with van der Waals surface area (Å²) in [6.45, 7) is 0.515. The molecule has 3 amide bonds. The second-order valence-corrected chi connectivity index (χ2v) is 11.3. The van der Waals surface area contributed by atoms with Crippen molar-refractivity contribution in [1.82, 2.24) is 9.21 Å². The summed E-state index contributed by atoms with van der Waals surface area (Å²) in [5, 5.41) is 2.63. The van der Waals surface area contributed by atoms with Crippen LogP contribution in [0.3, 0.4) is 0 Å². The van der Waals surface area contributed by atoms with Crippen LogP contribution in [0, 0.1) is 5.92 Å². The van der Waals surface area contributed by atoms with E-state index in [1.54, 1.807) is 24.3 Å². The summed E-state index contributed by atoms with van der Waals surface area (Å²) >= 11 is 0. The van der Waals surface area contributed by atoms with Gasteiger partial charge in [0.25, 0.3) is 11.8 Å². The number of amides is 3. The third-order valence-corrected chi connectivity index (χ3v) is 8.81. The van der Waals surface area contributed by atoms with Crippen LogP contribution < -0.4 is 5.32 Å². The topological polar surface area (TPSA) is 104 Å². The molecule has 37 heavy (non-hydrogen) atoms. The molecule has 0 spiro atoms. The maximum absolute atomic E-state index is 13.2. The molecule has 2 aliphatic heterocycles. The van der Waals surface area contributed by atoms with Crippen molar-refractivity contribution in [2.24, 2.45) is 5.92 Å². The summed E-state index contributed by atoms with van der Waals surface area (Å²) in [6.07, 6.45) is 2.56. The number of benzene rings is 3. The molecule has 1 saturated heterocycles. The van der Waals surface area contributed by atoms with Gasteiger partial charge in [-0.2, -0.15) is 4.31 Å². The molecule has 5 rings (SSSR count). The first-order valence-corrected chi connectivity index (χ1v) is 13.7. The van der Waals surface area contributed by atoms with Crippen LogP contribution in [-0.2, 0) is 21.2 Å². The fraction of sp³-hybridized carbons (Fsp3) is 0.250. The Morgan fingerprint density at radius 1 is 0.811 bits per heavy atom. The number of sulfonamides is 1. The van der Waals surface area contributed by atoms with E-state index < -0.39 is 34.3 Å². The summed E-state index contributed by atoms with van der Waals surface area (Å²) in [5.41, 5.74) is 2.20. The molecule has 0 bridgehead atoms. The van der Waals surface area contributed by atoms with E-state index in [1.165, 1.54) is 34.1 Å². The van der Waals surface area contributed by atoms with Crippen molar-refractivity contribution in [2.75, 3.05) is 25.0 Å². The van der Waals surface area contributed by atoms with E-state index in [9.17, 15) is 22.8 Å². The molecule has 2 heterocycles. The number of nitrogens with one attached hydrogen (secondary N) is 1. The highest BCUT2D eigenvalue weighted by Gasteiger charge is 2.36. The first-order chi connectivity index (χ1) is 17.8. The summed E-state index contributed by atoms with van der Waals surface area (Å²) in [5.74, 6) is -1.12. The van der Waals surface area contributed by atoms with Crippen molar-refractivity contribution in [2.45, 2.75) is 24.2 Å². The molecule has 0 radical (unpaired) electrons. The summed E-state index contributed by atoms with van der Waals surface area (Å²) in [6, 6.07) is 22.6. The Bertz CT molecular complexity index is 1400. The Hall–Kier alpha value is -3.82. The van der Waals surface area contributed by atoms with Gasteiger partial charge >= 0.3 is 0 Å². The molecule has 9 heteroatoms. The zero-order valence-electron chi connectivity index (χ0n) is 20.2. The largest absolute Gasteiger partial charge is 0.325 e. The van der Waals surface area contributed by atoms with E-state index in [0.29, 0.717) is 24.7 Å². The minimum atomic E-state index is -3.64. The molecule has 0 saturated carbocycles. The van der Waals surface area contributed by atoms with Crippen molar-refractivity contribution in [3.05, 3.63) is 95.6 Å². The first-order valence-electron chi connectivity index (χ1n) is 12.2. The number of imide groups is 1. The number of hydrogen-bond acceptors (Lipinski definition) is 5. The Morgan fingerprint density at radius 3 is 1.97 bits per heavy atom. The van der Waals surface area contributed by atoms with Crippen molar-refractivity contribution in [3.63, 3.8) is 0 Å². The van der Waals surface area contributed by atoms with E-state index in [4.69, 9.17) is 0 Å². The van der Waals surface area contributed by atoms with E-state index in [2.05, 4.69) is 17.4 Å². The average molecular weight is 518 g/mol. The van der Waals surface area contributed by atoms with Gasteiger partial charge in [0.2, 0.25) is 15.9 Å². The quantitative estimate of drug-likeness (QED) is 0.483. The second kappa shape index (κ2) is 10.3. The molecule has 0 aromatic heterocycles. The number of piperidine rings is 1. The highest BCUT2D eigenvalue weighted by Crippen LogP contribution is 2.27. The Kier molecular flexibility index (Phi) is 6.90. The Morgan fingerprint density at radius 2 is 1.38 bits per heavy atom. The average Bonchev–Trinajstić information content (AvgIpc) is 3.15. The van der Waals surface area contributed by atoms with Crippen molar-refractivity contribution in [3.8, 4) is 0 Å². The van der Waals surface area contributed by atoms with Gasteiger partial charge in [-0.25, -0.2) is 8.42 Å². The van der Waals surface area contributed by atoms with Gasteiger partial charge < -0.3 is 5.32 Å². The van der Waals surface area contributed by atoms with E-state index in [-0.39, 0.29) is 16.0 Å². The zero-order chi connectivity index (χ0) is 26.0. The molecule has 0 unspecified atom stereocenters. The molecule has 1 N–H and O–H groups in total. The van der Waals surface area contributed by atoms with Crippen LogP contribution in [0.1, 0.15) is 39.1 Å². The fourth-order valence-corrected chi connectivity index (χ4v) is 6.36. The summed E-state index contributed by atoms with van der Waals surface area (Å²) in [7, 11) is -3.64. The zero-order valence-corrected chi connectivity index (χ0v) is 21.0. The standard InChI is InChI=1S/C28H27N3O5S/c32-26(19-31-27(33)24-8-4-5-9-25(24)28(31)34)29-22-10-12-23(13-11-22)37(35,36)30-16-14-21(15-17-30)18-20-6-2-1-3-7-20/h1-13,21H,14-19H2,(H,29,32). The number of carbonyl (C=O) groups is 3. The van der Waals surface area contributed by atoms with Crippen LogP contribution in [0.4, 0.5) is 5.69 Å². The number of carbonyl (C=O) groups excluding carboxylic acids is 3. The summed E-state index contributed by atoms with van der Waals surface area (Å²) in [4.78, 5) is 38.5. The normalized spacial score (nSPS) is 16.6. The van der Waals surface area contributed by atoms with Crippen LogP contribution in [0.25, 0.3) is 0 Å². The molecule has 3 aromatic rings. The number of anilines is 1. The predicted molar refractivity (Wildman–Crippen MR) is 139 cm³/mol. The lowest BCUT2D eigenvalue weighted by Gasteiger charge is -2.31. The smallest absolute Gasteiger partial charge is 0.262 e. The van der Waals surface area contributed by atoms with Crippen LogP contribution >= 0.6 is 0 Å². The van der Waals surface area contributed by atoms with Crippen LogP contribution in [0.2, 0.25) is 0 Å². The van der Waals surface area contributed by atoms with Crippen molar-refractivity contribution >= 4 is 33.4 Å². The maximum Gasteiger partial charge on any atom is 0.262 e. The van der Waals surface area contributed by atoms with E-state index >= 15 is 0 Å².